The minimum atomic E-state index is -0.0447. The first-order chi connectivity index (χ1) is 18.0. The SMILES string of the molecule is CCCCCCCCCC(=O)N(CC(=O)N(CCc1ccc(OC)c(OC)c1)Cc1ccco1)C1CC1. The molecule has 3 rings (SSSR count). The van der Waals surface area contributed by atoms with E-state index in [1.165, 1.54) is 32.1 Å². The summed E-state index contributed by atoms with van der Waals surface area (Å²) < 4.78 is 16.3. The van der Waals surface area contributed by atoms with Crippen molar-refractivity contribution in [3.8, 4) is 11.5 Å². The summed E-state index contributed by atoms with van der Waals surface area (Å²) >= 11 is 0. The number of carbonyl (C=O) groups is 2. The lowest BCUT2D eigenvalue weighted by molar-refractivity contribution is -0.141. The highest BCUT2D eigenvalue weighted by Gasteiger charge is 2.34. The molecule has 1 heterocycles. The van der Waals surface area contributed by atoms with E-state index >= 15 is 0 Å². The first kappa shape index (κ1) is 28.6. The number of unbranched alkanes of at least 4 members (excludes halogenated alkanes) is 6. The number of ether oxygens (including phenoxy) is 2. The maximum Gasteiger partial charge on any atom is 0.242 e. The Morgan fingerprint density at radius 1 is 0.946 bits per heavy atom. The van der Waals surface area contributed by atoms with Gasteiger partial charge in [0, 0.05) is 19.0 Å². The molecule has 7 nitrogen and oxygen atoms in total. The minimum Gasteiger partial charge on any atom is -0.493 e. The molecule has 2 amide bonds. The molecule has 37 heavy (non-hydrogen) atoms. The quantitative estimate of drug-likeness (QED) is 0.229. The van der Waals surface area contributed by atoms with E-state index in [1.807, 2.05) is 35.2 Å². The number of benzene rings is 1. The third-order valence-electron chi connectivity index (χ3n) is 7.01. The summed E-state index contributed by atoms with van der Waals surface area (Å²) in [5.41, 5.74) is 1.05. The van der Waals surface area contributed by atoms with Crippen molar-refractivity contribution in [3.63, 3.8) is 0 Å². The second kappa shape index (κ2) is 15.3. The highest BCUT2D eigenvalue weighted by Crippen LogP contribution is 2.29. The van der Waals surface area contributed by atoms with Crippen LogP contribution in [0.4, 0.5) is 0 Å². The van der Waals surface area contributed by atoms with E-state index in [0.29, 0.717) is 37.4 Å². The third-order valence-corrected chi connectivity index (χ3v) is 7.01. The molecule has 0 N–H and O–H groups in total. The Balaban J connectivity index is 1.58. The van der Waals surface area contributed by atoms with Gasteiger partial charge in [-0.1, -0.05) is 51.5 Å². The van der Waals surface area contributed by atoms with Crippen LogP contribution in [-0.2, 0) is 22.6 Å². The highest BCUT2D eigenvalue weighted by molar-refractivity contribution is 5.85. The van der Waals surface area contributed by atoms with Crippen LogP contribution in [0.15, 0.2) is 41.0 Å². The Morgan fingerprint density at radius 3 is 2.32 bits per heavy atom. The number of hydrogen-bond acceptors (Lipinski definition) is 5. The number of hydrogen-bond donors (Lipinski definition) is 0. The molecule has 0 saturated heterocycles. The van der Waals surface area contributed by atoms with E-state index in [0.717, 1.165) is 37.0 Å². The molecule has 0 spiro atoms. The zero-order chi connectivity index (χ0) is 26.5. The van der Waals surface area contributed by atoms with Crippen LogP contribution in [0.3, 0.4) is 0 Å². The lowest BCUT2D eigenvalue weighted by atomic mass is 10.1. The Labute approximate surface area is 222 Å². The standard InChI is InChI=1S/C30H44N2O5/c1-4-5-6-7-8-9-10-13-29(33)32(25-15-16-25)23-30(34)31(22-26-12-11-20-37-26)19-18-24-14-17-27(35-2)28(21-24)36-3/h11-12,14,17,20-21,25H,4-10,13,15-16,18-19,22-23H2,1-3H3. The number of carbonyl (C=O) groups excluding carboxylic acids is 2. The highest BCUT2D eigenvalue weighted by atomic mass is 16.5. The summed E-state index contributed by atoms with van der Waals surface area (Å²) in [6, 6.07) is 9.72. The monoisotopic (exact) mass is 512 g/mol. The van der Waals surface area contributed by atoms with Crippen molar-refractivity contribution in [1.82, 2.24) is 9.80 Å². The predicted octanol–water partition coefficient (Wildman–Crippen LogP) is 6.00. The van der Waals surface area contributed by atoms with E-state index < -0.39 is 0 Å². The van der Waals surface area contributed by atoms with Crippen LogP contribution >= 0.6 is 0 Å². The average Bonchev–Trinajstić information content (AvgIpc) is 3.63. The molecule has 0 atom stereocenters. The Bertz CT molecular complexity index is 955. The van der Waals surface area contributed by atoms with E-state index in [-0.39, 0.29) is 24.4 Å². The number of rotatable bonds is 18. The normalized spacial score (nSPS) is 12.8. The Hall–Kier alpha value is -2.96. The maximum atomic E-state index is 13.5. The van der Waals surface area contributed by atoms with Gasteiger partial charge in [-0.25, -0.2) is 0 Å². The van der Waals surface area contributed by atoms with Crippen molar-refractivity contribution in [1.29, 1.82) is 0 Å². The topological polar surface area (TPSA) is 72.2 Å². The summed E-state index contributed by atoms with van der Waals surface area (Å²) in [7, 11) is 3.23. The average molecular weight is 513 g/mol. The summed E-state index contributed by atoms with van der Waals surface area (Å²) in [4.78, 5) is 30.2. The van der Waals surface area contributed by atoms with Crippen LogP contribution in [-0.4, -0.2) is 55.0 Å². The molecule has 7 heteroatoms. The molecule has 1 aromatic heterocycles. The molecule has 204 valence electrons. The van der Waals surface area contributed by atoms with Gasteiger partial charge in [0.2, 0.25) is 11.8 Å². The minimum absolute atomic E-state index is 0.0447. The molecule has 1 aromatic carbocycles. The number of methoxy groups -OCH3 is 2. The molecular weight excluding hydrogens is 468 g/mol. The molecular formula is C30H44N2O5. The van der Waals surface area contributed by atoms with Crippen molar-refractivity contribution in [2.75, 3.05) is 27.3 Å². The van der Waals surface area contributed by atoms with Crippen LogP contribution in [0.1, 0.15) is 82.5 Å². The van der Waals surface area contributed by atoms with Gasteiger partial charge in [0.05, 0.1) is 27.0 Å². The Morgan fingerprint density at radius 2 is 1.68 bits per heavy atom. The number of nitrogens with zero attached hydrogens (tertiary/aromatic N) is 2. The molecule has 1 aliphatic carbocycles. The predicted molar refractivity (Wildman–Crippen MR) is 145 cm³/mol. The van der Waals surface area contributed by atoms with Crippen LogP contribution in [0, 0.1) is 0 Å². The second-order valence-corrected chi connectivity index (χ2v) is 9.96. The van der Waals surface area contributed by atoms with Gasteiger partial charge < -0.3 is 23.7 Å². The largest absolute Gasteiger partial charge is 0.493 e. The maximum absolute atomic E-state index is 13.5. The van der Waals surface area contributed by atoms with Gasteiger partial charge in [-0.15, -0.1) is 0 Å². The van der Waals surface area contributed by atoms with Crippen LogP contribution in [0.25, 0.3) is 0 Å². The van der Waals surface area contributed by atoms with Gasteiger partial charge in [-0.2, -0.15) is 0 Å². The molecule has 0 bridgehead atoms. The number of furan rings is 1. The van der Waals surface area contributed by atoms with Gasteiger partial charge >= 0.3 is 0 Å². The van der Waals surface area contributed by atoms with Gasteiger partial charge in [0.25, 0.3) is 0 Å². The lowest BCUT2D eigenvalue weighted by Crippen LogP contribution is -2.44. The van der Waals surface area contributed by atoms with Gasteiger partial charge in [-0.3, -0.25) is 9.59 Å². The van der Waals surface area contributed by atoms with Crippen molar-refractivity contribution < 1.29 is 23.5 Å². The zero-order valence-electron chi connectivity index (χ0n) is 22.9. The van der Waals surface area contributed by atoms with E-state index in [2.05, 4.69) is 6.92 Å². The fraction of sp³-hybridized carbons (Fsp3) is 0.600. The van der Waals surface area contributed by atoms with Crippen LogP contribution in [0.5, 0.6) is 11.5 Å². The fourth-order valence-electron chi connectivity index (χ4n) is 4.61. The van der Waals surface area contributed by atoms with Crippen molar-refractivity contribution in [3.05, 3.63) is 47.9 Å². The second-order valence-electron chi connectivity index (χ2n) is 9.96. The summed E-state index contributed by atoms with van der Waals surface area (Å²) in [5.74, 6) is 2.14. The van der Waals surface area contributed by atoms with Crippen LogP contribution < -0.4 is 9.47 Å². The molecule has 1 fully saturated rings. The number of amides is 2. The summed E-state index contributed by atoms with van der Waals surface area (Å²) in [6.07, 6.45) is 13.0. The molecule has 2 aromatic rings. The molecule has 1 aliphatic rings. The molecule has 0 unspecified atom stereocenters. The lowest BCUT2D eigenvalue weighted by Gasteiger charge is -2.27. The third kappa shape index (κ3) is 9.45. The summed E-state index contributed by atoms with van der Waals surface area (Å²) in [5, 5.41) is 0. The summed E-state index contributed by atoms with van der Waals surface area (Å²) in [6.45, 7) is 3.24. The first-order valence-electron chi connectivity index (χ1n) is 13.9. The van der Waals surface area contributed by atoms with Gasteiger partial charge in [0.1, 0.15) is 12.3 Å². The van der Waals surface area contributed by atoms with E-state index in [9.17, 15) is 9.59 Å². The molecule has 1 saturated carbocycles. The van der Waals surface area contributed by atoms with Gasteiger partial charge in [-0.05, 0) is 55.5 Å². The molecule has 0 radical (unpaired) electrons. The van der Waals surface area contributed by atoms with Crippen molar-refractivity contribution >= 4 is 11.8 Å². The van der Waals surface area contributed by atoms with Crippen molar-refractivity contribution in [2.24, 2.45) is 0 Å². The fourth-order valence-corrected chi connectivity index (χ4v) is 4.61. The van der Waals surface area contributed by atoms with E-state index in [1.54, 1.807) is 25.4 Å². The Kier molecular flexibility index (Phi) is 11.9. The van der Waals surface area contributed by atoms with Crippen molar-refractivity contribution in [2.45, 2.75) is 90.1 Å². The molecule has 0 aliphatic heterocycles. The van der Waals surface area contributed by atoms with E-state index in [4.69, 9.17) is 13.9 Å². The first-order valence-corrected chi connectivity index (χ1v) is 13.9. The van der Waals surface area contributed by atoms with Crippen LogP contribution in [0.2, 0.25) is 0 Å². The zero-order valence-corrected chi connectivity index (χ0v) is 22.9. The van der Waals surface area contributed by atoms with Gasteiger partial charge in [0.15, 0.2) is 11.5 Å². The smallest absolute Gasteiger partial charge is 0.242 e.